The summed E-state index contributed by atoms with van der Waals surface area (Å²) in [4.78, 5) is 17.3. The SMILES string of the molecule is O=C(Cc1ccc(O)cc1)N1CCCC[C@@H]1CN1CCCC1. The number of carbonyl (C=O) groups is 1. The summed E-state index contributed by atoms with van der Waals surface area (Å²) < 4.78 is 0. The zero-order valence-corrected chi connectivity index (χ0v) is 13.2. The second-order valence-electron chi connectivity index (χ2n) is 6.59. The van der Waals surface area contributed by atoms with Gasteiger partial charge in [-0.1, -0.05) is 12.1 Å². The van der Waals surface area contributed by atoms with Crippen molar-refractivity contribution in [3.05, 3.63) is 29.8 Å². The van der Waals surface area contributed by atoms with Gasteiger partial charge in [-0.2, -0.15) is 0 Å². The van der Waals surface area contributed by atoms with E-state index in [4.69, 9.17) is 0 Å². The average molecular weight is 302 g/mol. The van der Waals surface area contributed by atoms with Crippen LogP contribution in [0.5, 0.6) is 5.75 Å². The molecule has 3 rings (SSSR count). The van der Waals surface area contributed by atoms with E-state index in [9.17, 15) is 9.90 Å². The fourth-order valence-corrected chi connectivity index (χ4v) is 3.67. The van der Waals surface area contributed by atoms with Crippen LogP contribution >= 0.6 is 0 Å². The maximum Gasteiger partial charge on any atom is 0.227 e. The van der Waals surface area contributed by atoms with E-state index in [1.807, 2.05) is 12.1 Å². The van der Waals surface area contributed by atoms with Gasteiger partial charge in [0.2, 0.25) is 5.91 Å². The fraction of sp³-hybridized carbons (Fsp3) is 0.611. The van der Waals surface area contributed by atoms with Crippen molar-refractivity contribution in [2.24, 2.45) is 0 Å². The molecular weight excluding hydrogens is 276 g/mol. The topological polar surface area (TPSA) is 43.8 Å². The molecule has 2 aliphatic heterocycles. The molecule has 0 spiro atoms. The lowest BCUT2D eigenvalue weighted by molar-refractivity contribution is -0.134. The van der Waals surface area contributed by atoms with Gasteiger partial charge in [0, 0.05) is 19.1 Å². The average Bonchev–Trinajstić information content (AvgIpc) is 3.03. The molecule has 2 aliphatic rings. The monoisotopic (exact) mass is 302 g/mol. The molecule has 1 N–H and O–H groups in total. The predicted octanol–water partition coefficient (Wildman–Crippen LogP) is 2.41. The third kappa shape index (κ3) is 3.80. The van der Waals surface area contributed by atoms with Crippen molar-refractivity contribution in [2.45, 2.75) is 44.6 Å². The molecule has 0 aliphatic carbocycles. The summed E-state index contributed by atoms with van der Waals surface area (Å²) in [6.45, 7) is 4.32. The molecule has 1 aromatic rings. The van der Waals surface area contributed by atoms with Crippen molar-refractivity contribution >= 4 is 5.91 Å². The lowest BCUT2D eigenvalue weighted by atomic mass is 10.00. The Labute approximate surface area is 132 Å². The summed E-state index contributed by atoms with van der Waals surface area (Å²) >= 11 is 0. The number of benzene rings is 1. The Hall–Kier alpha value is -1.55. The third-order valence-corrected chi connectivity index (χ3v) is 4.91. The summed E-state index contributed by atoms with van der Waals surface area (Å²) in [7, 11) is 0. The van der Waals surface area contributed by atoms with E-state index in [1.165, 1.54) is 32.4 Å². The van der Waals surface area contributed by atoms with Crippen LogP contribution < -0.4 is 0 Å². The molecule has 4 heteroatoms. The second kappa shape index (κ2) is 7.14. The highest BCUT2D eigenvalue weighted by Crippen LogP contribution is 2.21. The Morgan fingerprint density at radius 3 is 2.45 bits per heavy atom. The minimum absolute atomic E-state index is 0.231. The lowest BCUT2D eigenvalue weighted by Gasteiger charge is -2.38. The highest BCUT2D eigenvalue weighted by Gasteiger charge is 2.28. The summed E-state index contributed by atoms with van der Waals surface area (Å²) in [5, 5.41) is 9.34. The van der Waals surface area contributed by atoms with Gasteiger partial charge in [-0.05, 0) is 62.9 Å². The van der Waals surface area contributed by atoms with Gasteiger partial charge in [-0.25, -0.2) is 0 Å². The molecule has 1 aromatic carbocycles. The molecule has 2 heterocycles. The van der Waals surface area contributed by atoms with Gasteiger partial charge in [-0.3, -0.25) is 4.79 Å². The molecule has 2 saturated heterocycles. The minimum Gasteiger partial charge on any atom is -0.508 e. The number of phenols is 1. The van der Waals surface area contributed by atoms with Gasteiger partial charge in [0.05, 0.1) is 6.42 Å². The van der Waals surface area contributed by atoms with Crippen LogP contribution in [-0.2, 0) is 11.2 Å². The Morgan fingerprint density at radius 1 is 1.05 bits per heavy atom. The maximum atomic E-state index is 12.7. The third-order valence-electron chi connectivity index (χ3n) is 4.91. The van der Waals surface area contributed by atoms with Crippen molar-refractivity contribution in [3.8, 4) is 5.75 Å². The largest absolute Gasteiger partial charge is 0.508 e. The minimum atomic E-state index is 0.231. The highest BCUT2D eigenvalue weighted by atomic mass is 16.3. The van der Waals surface area contributed by atoms with Crippen LogP contribution in [0, 0.1) is 0 Å². The maximum absolute atomic E-state index is 12.7. The normalized spacial score (nSPS) is 22.9. The molecule has 0 saturated carbocycles. The van der Waals surface area contributed by atoms with Crippen molar-refractivity contribution in [1.82, 2.24) is 9.80 Å². The number of amides is 1. The number of hydrogen-bond acceptors (Lipinski definition) is 3. The molecule has 1 atom stereocenters. The standard InChI is InChI=1S/C18H26N2O2/c21-17-8-6-15(7-9-17)13-18(22)20-12-2-1-5-16(20)14-19-10-3-4-11-19/h6-9,16,21H,1-5,10-14H2/t16-/m1/s1. The Bertz CT molecular complexity index is 494. The van der Waals surface area contributed by atoms with Gasteiger partial charge in [0.1, 0.15) is 5.75 Å². The van der Waals surface area contributed by atoms with E-state index in [-0.39, 0.29) is 11.7 Å². The Balaban J connectivity index is 1.61. The van der Waals surface area contributed by atoms with Crippen LogP contribution in [-0.4, -0.2) is 53.0 Å². The molecular formula is C18H26N2O2. The van der Waals surface area contributed by atoms with Crippen LogP contribution in [0.15, 0.2) is 24.3 Å². The Morgan fingerprint density at radius 2 is 1.73 bits per heavy atom. The lowest BCUT2D eigenvalue weighted by Crippen LogP contribution is -2.49. The first kappa shape index (κ1) is 15.3. The molecule has 0 aromatic heterocycles. The van der Waals surface area contributed by atoms with E-state index in [1.54, 1.807) is 12.1 Å². The van der Waals surface area contributed by atoms with Gasteiger partial charge >= 0.3 is 0 Å². The molecule has 0 unspecified atom stereocenters. The first-order valence-corrected chi connectivity index (χ1v) is 8.52. The second-order valence-corrected chi connectivity index (χ2v) is 6.59. The smallest absolute Gasteiger partial charge is 0.227 e. The van der Waals surface area contributed by atoms with E-state index in [0.29, 0.717) is 12.5 Å². The number of carbonyl (C=O) groups excluding carboxylic acids is 1. The Kier molecular flexibility index (Phi) is 4.98. The quantitative estimate of drug-likeness (QED) is 0.929. The summed E-state index contributed by atoms with van der Waals surface area (Å²) in [5.41, 5.74) is 0.980. The molecule has 2 fully saturated rings. The highest BCUT2D eigenvalue weighted by molar-refractivity contribution is 5.79. The summed E-state index contributed by atoms with van der Waals surface area (Å²) in [6.07, 6.45) is 6.54. The predicted molar refractivity (Wildman–Crippen MR) is 86.8 cm³/mol. The zero-order valence-electron chi connectivity index (χ0n) is 13.2. The summed E-state index contributed by atoms with van der Waals surface area (Å²) in [5.74, 6) is 0.482. The van der Waals surface area contributed by atoms with Gasteiger partial charge < -0.3 is 14.9 Å². The van der Waals surface area contributed by atoms with Gasteiger partial charge in [-0.15, -0.1) is 0 Å². The zero-order chi connectivity index (χ0) is 15.4. The van der Waals surface area contributed by atoms with E-state index in [0.717, 1.165) is 31.5 Å². The van der Waals surface area contributed by atoms with E-state index >= 15 is 0 Å². The first-order chi connectivity index (χ1) is 10.7. The number of rotatable bonds is 4. The van der Waals surface area contributed by atoms with E-state index in [2.05, 4.69) is 9.80 Å². The first-order valence-electron chi connectivity index (χ1n) is 8.52. The number of likely N-dealkylation sites (tertiary alicyclic amines) is 2. The van der Waals surface area contributed by atoms with Crippen LogP contribution in [0.1, 0.15) is 37.7 Å². The van der Waals surface area contributed by atoms with Crippen LogP contribution in [0.2, 0.25) is 0 Å². The molecule has 1 amide bonds. The summed E-state index contributed by atoms with van der Waals surface area (Å²) in [6, 6.07) is 7.37. The van der Waals surface area contributed by atoms with Crippen molar-refractivity contribution in [3.63, 3.8) is 0 Å². The number of hydrogen-bond donors (Lipinski definition) is 1. The number of phenolic OH excluding ortho intramolecular Hbond substituents is 1. The van der Waals surface area contributed by atoms with Gasteiger partial charge in [0.15, 0.2) is 0 Å². The van der Waals surface area contributed by atoms with Crippen molar-refractivity contribution in [1.29, 1.82) is 0 Å². The number of nitrogens with zero attached hydrogens (tertiary/aromatic N) is 2. The van der Waals surface area contributed by atoms with E-state index < -0.39 is 0 Å². The number of aromatic hydroxyl groups is 1. The fourth-order valence-electron chi connectivity index (χ4n) is 3.67. The molecule has 0 radical (unpaired) electrons. The van der Waals surface area contributed by atoms with Crippen molar-refractivity contribution in [2.75, 3.05) is 26.2 Å². The van der Waals surface area contributed by atoms with Crippen molar-refractivity contribution < 1.29 is 9.90 Å². The molecule has 22 heavy (non-hydrogen) atoms. The van der Waals surface area contributed by atoms with Crippen LogP contribution in [0.3, 0.4) is 0 Å². The number of piperidine rings is 1. The van der Waals surface area contributed by atoms with Crippen LogP contribution in [0.4, 0.5) is 0 Å². The molecule has 120 valence electrons. The molecule has 4 nitrogen and oxygen atoms in total. The van der Waals surface area contributed by atoms with Gasteiger partial charge in [0.25, 0.3) is 0 Å². The van der Waals surface area contributed by atoms with Crippen LogP contribution in [0.25, 0.3) is 0 Å². The molecule has 0 bridgehead atoms.